The van der Waals surface area contributed by atoms with E-state index in [9.17, 15) is 14.0 Å². The first-order chi connectivity index (χ1) is 15.0. The van der Waals surface area contributed by atoms with Crippen LogP contribution in [0.5, 0.6) is 5.75 Å². The van der Waals surface area contributed by atoms with Crippen molar-refractivity contribution in [1.82, 2.24) is 4.90 Å². The Labute approximate surface area is 180 Å². The molecule has 1 N–H and O–H groups in total. The highest BCUT2D eigenvalue weighted by atomic mass is 19.1. The number of furan rings is 1. The van der Waals surface area contributed by atoms with Crippen LogP contribution in [0.2, 0.25) is 0 Å². The van der Waals surface area contributed by atoms with Crippen molar-refractivity contribution in [1.29, 1.82) is 0 Å². The van der Waals surface area contributed by atoms with Crippen molar-refractivity contribution >= 4 is 17.5 Å². The second-order valence-electron chi connectivity index (χ2n) is 6.90. The SMILES string of the molecule is CCN(CC(=O)Nc1ccccc1OC)C(=O)CCc1ccc(-c2ccccc2F)o1. The van der Waals surface area contributed by atoms with Crippen LogP contribution < -0.4 is 10.1 Å². The zero-order chi connectivity index (χ0) is 22.2. The van der Waals surface area contributed by atoms with Gasteiger partial charge in [0.15, 0.2) is 0 Å². The number of para-hydroxylation sites is 2. The molecule has 7 heteroatoms. The molecule has 0 aliphatic carbocycles. The van der Waals surface area contributed by atoms with E-state index in [1.165, 1.54) is 18.1 Å². The number of methoxy groups -OCH3 is 1. The highest BCUT2D eigenvalue weighted by Gasteiger charge is 2.17. The molecule has 0 radical (unpaired) electrons. The summed E-state index contributed by atoms with van der Waals surface area (Å²) in [4.78, 5) is 26.5. The van der Waals surface area contributed by atoms with Gasteiger partial charge in [0.1, 0.15) is 23.1 Å². The topological polar surface area (TPSA) is 71.8 Å². The van der Waals surface area contributed by atoms with Gasteiger partial charge in [-0.3, -0.25) is 9.59 Å². The van der Waals surface area contributed by atoms with Crippen LogP contribution in [0.15, 0.2) is 65.1 Å². The van der Waals surface area contributed by atoms with Gasteiger partial charge in [-0.2, -0.15) is 0 Å². The second-order valence-corrected chi connectivity index (χ2v) is 6.90. The number of nitrogens with one attached hydrogen (secondary N) is 1. The van der Waals surface area contributed by atoms with Gasteiger partial charge in [-0.15, -0.1) is 0 Å². The number of nitrogens with zero attached hydrogens (tertiary/aromatic N) is 1. The van der Waals surface area contributed by atoms with Crippen molar-refractivity contribution in [3.8, 4) is 17.1 Å². The fourth-order valence-corrected chi connectivity index (χ4v) is 3.19. The molecule has 1 heterocycles. The molecule has 3 aromatic rings. The average Bonchev–Trinajstić information content (AvgIpc) is 3.25. The van der Waals surface area contributed by atoms with Gasteiger partial charge in [-0.25, -0.2) is 4.39 Å². The lowest BCUT2D eigenvalue weighted by molar-refractivity contribution is -0.134. The summed E-state index contributed by atoms with van der Waals surface area (Å²) in [5.41, 5.74) is 0.929. The Bertz CT molecular complexity index is 1050. The number of hydrogen-bond donors (Lipinski definition) is 1. The summed E-state index contributed by atoms with van der Waals surface area (Å²) in [6.07, 6.45) is 0.540. The van der Waals surface area contributed by atoms with Crippen molar-refractivity contribution in [3.05, 3.63) is 72.2 Å². The van der Waals surface area contributed by atoms with E-state index in [2.05, 4.69) is 5.32 Å². The Morgan fingerprint density at radius 3 is 2.55 bits per heavy atom. The molecule has 0 bridgehead atoms. The van der Waals surface area contributed by atoms with Gasteiger partial charge in [0.2, 0.25) is 11.8 Å². The predicted molar refractivity (Wildman–Crippen MR) is 116 cm³/mol. The molecule has 0 saturated heterocycles. The molecular weight excluding hydrogens is 399 g/mol. The first kappa shape index (κ1) is 22.1. The quantitative estimate of drug-likeness (QED) is 0.548. The molecule has 6 nitrogen and oxygen atoms in total. The van der Waals surface area contributed by atoms with E-state index in [4.69, 9.17) is 9.15 Å². The van der Waals surface area contributed by atoms with Crippen LogP contribution in [0.1, 0.15) is 19.1 Å². The molecule has 0 aliphatic rings. The molecule has 2 aromatic carbocycles. The highest BCUT2D eigenvalue weighted by molar-refractivity contribution is 5.95. The number of carbonyl (C=O) groups excluding carboxylic acids is 2. The molecule has 0 spiro atoms. The average molecular weight is 424 g/mol. The Morgan fingerprint density at radius 1 is 1.06 bits per heavy atom. The van der Waals surface area contributed by atoms with Crippen LogP contribution in [0, 0.1) is 5.82 Å². The maximum atomic E-state index is 13.9. The molecule has 0 aliphatic heterocycles. The van der Waals surface area contributed by atoms with E-state index in [-0.39, 0.29) is 30.6 Å². The zero-order valence-corrected chi connectivity index (χ0v) is 17.6. The molecule has 2 amide bonds. The Kier molecular flexibility index (Phi) is 7.43. The summed E-state index contributed by atoms with van der Waals surface area (Å²) in [7, 11) is 1.53. The summed E-state index contributed by atoms with van der Waals surface area (Å²) in [5, 5.41) is 2.77. The molecular formula is C24H25FN2O4. The minimum absolute atomic E-state index is 0.0635. The molecule has 1 aromatic heterocycles. The number of anilines is 1. The van der Waals surface area contributed by atoms with Gasteiger partial charge in [0.05, 0.1) is 24.9 Å². The molecule has 0 atom stereocenters. The van der Waals surface area contributed by atoms with Gasteiger partial charge < -0.3 is 19.4 Å². The lowest BCUT2D eigenvalue weighted by Crippen LogP contribution is -2.38. The van der Waals surface area contributed by atoms with Crippen molar-refractivity contribution < 1.29 is 23.1 Å². The third kappa shape index (κ3) is 5.72. The number of likely N-dealkylation sites (N-methyl/N-ethyl adjacent to an activating group) is 1. The summed E-state index contributed by atoms with van der Waals surface area (Å²) in [6, 6.07) is 16.9. The summed E-state index contributed by atoms with van der Waals surface area (Å²) in [6.45, 7) is 2.15. The van der Waals surface area contributed by atoms with Crippen LogP contribution in [0.4, 0.5) is 10.1 Å². The number of carbonyl (C=O) groups is 2. The van der Waals surface area contributed by atoms with Crippen LogP contribution in [-0.2, 0) is 16.0 Å². The van der Waals surface area contributed by atoms with E-state index >= 15 is 0 Å². The number of halogens is 1. The molecule has 31 heavy (non-hydrogen) atoms. The van der Waals surface area contributed by atoms with Crippen LogP contribution in [0.25, 0.3) is 11.3 Å². The molecule has 0 fully saturated rings. The van der Waals surface area contributed by atoms with Crippen molar-refractivity contribution in [3.63, 3.8) is 0 Å². The van der Waals surface area contributed by atoms with E-state index in [1.54, 1.807) is 48.5 Å². The minimum Gasteiger partial charge on any atom is -0.495 e. The van der Waals surface area contributed by atoms with Crippen molar-refractivity contribution in [2.75, 3.05) is 25.5 Å². The Balaban J connectivity index is 1.55. The van der Waals surface area contributed by atoms with E-state index in [1.807, 2.05) is 13.0 Å². The summed E-state index contributed by atoms with van der Waals surface area (Å²) in [5.74, 6) is 0.720. The number of hydrogen-bond acceptors (Lipinski definition) is 4. The first-order valence-corrected chi connectivity index (χ1v) is 10.1. The maximum absolute atomic E-state index is 13.9. The first-order valence-electron chi connectivity index (χ1n) is 10.1. The predicted octanol–water partition coefficient (Wildman–Crippen LogP) is 4.51. The largest absolute Gasteiger partial charge is 0.495 e. The molecule has 162 valence electrons. The summed E-state index contributed by atoms with van der Waals surface area (Å²) < 4.78 is 24.8. The number of amides is 2. The minimum atomic E-state index is -0.363. The normalized spacial score (nSPS) is 10.5. The Morgan fingerprint density at radius 2 is 1.81 bits per heavy atom. The van der Waals surface area contributed by atoms with Crippen LogP contribution in [-0.4, -0.2) is 36.9 Å². The zero-order valence-electron chi connectivity index (χ0n) is 17.6. The van der Waals surface area contributed by atoms with Crippen molar-refractivity contribution in [2.45, 2.75) is 19.8 Å². The third-order valence-electron chi connectivity index (χ3n) is 4.84. The molecule has 0 saturated carbocycles. The monoisotopic (exact) mass is 424 g/mol. The van der Waals surface area contributed by atoms with Gasteiger partial charge in [0, 0.05) is 19.4 Å². The van der Waals surface area contributed by atoms with Gasteiger partial charge in [0.25, 0.3) is 0 Å². The lowest BCUT2D eigenvalue weighted by atomic mass is 10.1. The third-order valence-corrected chi connectivity index (χ3v) is 4.84. The van der Waals surface area contributed by atoms with Crippen LogP contribution in [0.3, 0.4) is 0 Å². The lowest BCUT2D eigenvalue weighted by Gasteiger charge is -2.20. The fraction of sp³-hybridized carbons (Fsp3) is 0.250. The smallest absolute Gasteiger partial charge is 0.244 e. The fourth-order valence-electron chi connectivity index (χ4n) is 3.19. The van der Waals surface area contributed by atoms with E-state index in [0.29, 0.717) is 41.5 Å². The molecule has 0 unspecified atom stereocenters. The number of rotatable bonds is 9. The summed E-state index contributed by atoms with van der Waals surface area (Å²) >= 11 is 0. The van der Waals surface area contributed by atoms with Crippen molar-refractivity contribution in [2.24, 2.45) is 0 Å². The number of benzene rings is 2. The van der Waals surface area contributed by atoms with Gasteiger partial charge in [-0.05, 0) is 43.3 Å². The number of aryl methyl sites for hydroxylation is 1. The molecule has 3 rings (SSSR count). The van der Waals surface area contributed by atoms with E-state index < -0.39 is 0 Å². The van der Waals surface area contributed by atoms with Crippen LogP contribution >= 0.6 is 0 Å². The number of ether oxygens (including phenoxy) is 1. The second kappa shape index (κ2) is 10.4. The van der Waals surface area contributed by atoms with Gasteiger partial charge >= 0.3 is 0 Å². The standard InChI is InChI=1S/C24H25FN2O4/c1-3-27(16-23(28)26-20-10-6-7-11-22(20)30-2)24(29)15-13-17-12-14-21(31-17)18-8-4-5-9-19(18)25/h4-12,14H,3,13,15-16H2,1-2H3,(H,26,28). The Hall–Kier alpha value is -3.61. The van der Waals surface area contributed by atoms with Gasteiger partial charge in [-0.1, -0.05) is 24.3 Å². The van der Waals surface area contributed by atoms with E-state index in [0.717, 1.165) is 0 Å². The maximum Gasteiger partial charge on any atom is 0.244 e. The highest BCUT2D eigenvalue weighted by Crippen LogP contribution is 2.25.